The molecular formula is C31H25FIN5O5S. The molecule has 2 heterocycles. The van der Waals surface area contributed by atoms with Gasteiger partial charge in [-0.15, -0.1) is 0 Å². The van der Waals surface area contributed by atoms with Gasteiger partial charge in [0.05, 0.1) is 23.8 Å². The van der Waals surface area contributed by atoms with Gasteiger partial charge in [-0.1, -0.05) is 46.1 Å². The van der Waals surface area contributed by atoms with E-state index < -0.39 is 23.2 Å². The van der Waals surface area contributed by atoms with Gasteiger partial charge >= 0.3 is 6.09 Å². The van der Waals surface area contributed by atoms with Gasteiger partial charge < -0.3 is 14.8 Å². The normalized spacial score (nSPS) is 14.9. The molecule has 0 spiro atoms. The number of carbonyl (C=O) groups excluding carboxylic acids is 3. The lowest BCUT2D eigenvalue weighted by Gasteiger charge is -2.23. The molecule has 1 N–H and O–H groups in total. The number of aromatic nitrogens is 2. The quantitative estimate of drug-likeness (QED) is 0.141. The summed E-state index contributed by atoms with van der Waals surface area (Å²) in [5, 5.41) is 13.0. The number of halogens is 2. The van der Waals surface area contributed by atoms with Crippen LogP contribution in [0.25, 0.3) is 10.3 Å². The molecule has 2 aliphatic carbocycles. The van der Waals surface area contributed by atoms with Gasteiger partial charge in [0.2, 0.25) is 11.8 Å². The van der Waals surface area contributed by atoms with Crippen molar-refractivity contribution in [2.24, 2.45) is 5.92 Å². The Morgan fingerprint density at radius 3 is 2.66 bits per heavy atom. The number of alkyl halides is 1. The minimum absolute atomic E-state index is 0.0343. The van der Waals surface area contributed by atoms with Crippen LogP contribution in [0.2, 0.25) is 0 Å². The van der Waals surface area contributed by atoms with Crippen LogP contribution in [0.4, 0.5) is 20.0 Å². The van der Waals surface area contributed by atoms with Crippen molar-refractivity contribution in [1.82, 2.24) is 9.97 Å². The number of benzene rings is 2. The molecule has 6 rings (SSSR count). The van der Waals surface area contributed by atoms with Crippen molar-refractivity contribution in [3.63, 3.8) is 0 Å². The zero-order valence-electron chi connectivity index (χ0n) is 23.4. The standard InChI is InChI=1S/C31H25FIN5O5S/c1-2-42-30(41)38(28(40)19-4-3-5-21(20(19)15-33)31(16-34)12-13-31)24-14-18(8-9-22(24)32)43-25-11-10-23-27(36-25)44-29(35-23)37-26(39)17-6-7-17/h3-5,8-11,14,17H,2,6-7,12-13,15H2,1H3,(H,35,37,39). The van der Waals surface area contributed by atoms with E-state index in [1.165, 1.54) is 23.5 Å². The number of hydrogen-bond acceptors (Lipinski definition) is 9. The molecule has 0 atom stereocenters. The lowest BCUT2D eigenvalue weighted by Crippen LogP contribution is -2.39. The summed E-state index contributed by atoms with van der Waals surface area (Å²) < 4.78 is 26.9. The Labute approximate surface area is 269 Å². The highest BCUT2D eigenvalue weighted by Gasteiger charge is 2.47. The second-order valence-corrected chi connectivity index (χ2v) is 12.2. The maximum absolute atomic E-state index is 15.4. The van der Waals surface area contributed by atoms with E-state index in [4.69, 9.17) is 9.47 Å². The molecule has 2 aliphatic rings. The average Bonchev–Trinajstić information content (AvgIpc) is 3.95. The number of imide groups is 1. The maximum Gasteiger partial charge on any atom is 0.421 e. The van der Waals surface area contributed by atoms with E-state index >= 15 is 4.39 Å². The first kappa shape index (κ1) is 29.9. The number of nitriles is 1. The number of nitrogens with zero attached hydrogens (tertiary/aromatic N) is 4. The summed E-state index contributed by atoms with van der Waals surface area (Å²) in [5.41, 5.74) is 1.08. The van der Waals surface area contributed by atoms with E-state index in [1.807, 2.05) is 6.07 Å². The number of hydrogen-bond donors (Lipinski definition) is 1. The summed E-state index contributed by atoms with van der Waals surface area (Å²) in [6.07, 6.45) is 2.06. The molecule has 0 bridgehead atoms. The molecule has 13 heteroatoms. The molecule has 224 valence electrons. The highest BCUT2D eigenvalue weighted by atomic mass is 127. The van der Waals surface area contributed by atoms with E-state index in [0.717, 1.165) is 24.5 Å². The molecule has 0 unspecified atom stereocenters. The second kappa shape index (κ2) is 12.1. The minimum Gasteiger partial charge on any atom is -0.449 e. The number of carbonyl (C=O) groups is 3. The van der Waals surface area contributed by atoms with Crippen LogP contribution < -0.4 is 15.0 Å². The fraction of sp³-hybridized carbons (Fsp3) is 0.290. The molecule has 4 aromatic rings. The molecule has 0 aliphatic heterocycles. The van der Waals surface area contributed by atoms with Crippen molar-refractivity contribution in [2.45, 2.75) is 42.4 Å². The monoisotopic (exact) mass is 725 g/mol. The van der Waals surface area contributed by atoms with Crippen molar-refractivity contribution >= 4 is 73.0 Å². The molecule has 0 radical (unpaired) electrons. The van der Waals surface area contributed by atoms with E-state index in [2.05, 4.69) is 43.9 Å². The number of amides is 3. The Hall–Kier alpha value is -4.16. The Balaban J connectivity index is 1.32. The fourth-order valence-electron chi connectivity index (χ4n) is 4.86. The Morgan fingerprint density at radius 1 is 1.18 bits per heavy atom. The molecular weight excluding hydrogens is 700 g/mol. The molecule has 2 fully saturated rings. The van der Waals surface area contributed by atoms with Gasteiger partial charge in [-0.05, 0) is 68.0 Å². The van der Waals surface area contributed by atoms with E-state index in [9.17, 15) is 19.6 Å². The summed E-state index contributed by atoms with van der Waals surface area (Å²) in [5.74, 6) is -1.37. The molecule has 0 saturated heterocycles. The summed E-state index contributed by atoms with van der Waals surface area (Å²) in [6.45, 7) is 1.54. The van der Waals surface area contributed by atoms with Crippen LogP contribution in [0.3, 0.4) is 0 Å². The molecule has 2 saturated carbocycles. The lowest BCUT2D eigenvalue weighted by molar-refractivity contribution is -0.117. The van der Waals surface area contributed by atoms with Gasteiger partial charge in [-0.2, -0.15) is 5.26 Å². The van der Waals surface area contributed by atoms with Crippen molar-refractivity contribution < 1.29 is 28.2 Å². The first-order valence-electron chi connectivity index (χ1n) is 13.9. The summed E-state index contributed by atoms with van der Waals surface area (Å²) in [6, 6.07) is 14.3. The Morgan fingerprint density at radius 2 is 1.98 bits per heavy atom. The Kier molecular flexibility index (Phi) is 8.21. The van der Waals surface area contributed by atoms with E-state index in [1.54, 1.807) is 31.2 Å². The SMILES string of the molecule is CCOC(=O)N(C(=O)c1cccc(C2(C#N)CC2)c1CI)c1cc(Oc2ccc3nc(NC(=O)C4CC4)sc3n2)ccc1F. The number of thiazole rings is 1. The van der Waals surface area contributed by atoms with Crippen molar-refractivity contribution in [3.8, 4) is 17.7 Å². The molecule has 44 heavy (non-hydrogen) atoms. The lowest BCUT2D eigenvalue weighted by atomic mass is 9.90. The first-order chi connectivity index (χ1) is 21.3. The van der Waals surface area contributed by atoms with E-state index in [0.29, 0.717) is 43.2 Å². The second-order valence-electron chi connectivity index (χ2n) is 10.5. The maximum atomic E-state index is 15.4. The smallest absolute Gasteiger partial charge is 0.421 e. The topological polar surface area (TPSA) is 135 Å². The Bertz CT molecular complexity index is 1850. The van der Waals surface area contributed by atoms with Crippen LogP contribution in [0.5, 0.6) is 11.6 Å². The number of fused-ring (bicyclic) bond motifs is 1. The fourth-order valence-corrected chi connectivity index (χ4v) is 6.51. The third kappa shape index (κ3) is 5.83. The van der Waals surface area contributed by atoms with Crippen molar-refractivity contribution in [3.05, 3.63) is 71.0 Å². The van der Waals surface area contributed by atoms with Gasteiger partial charge in [0, 0.05) is 28.0 Å². The predicted octanol–water partition coefficient (Wildman–Crippen LogP) is 7.26. The molecule has 2 aromatic heterocycles. The highest BCUT2D eigenvalue weighted by Crippen LogP contribution is 2.49. The van der Waals surface area contributed by atoms with Crippen LogP contribution in [-0.2, 0) is 19.4 Å². The van der Waals surface area contributed by atoms with Crippen LogP contribution in [-0.4, -0.2) is 34.5 Å². The number of nitrogens with one attached hydrogen (secondary N) is 1. The van der Waals surface area contributed by atoms with Gasteiger partial charge in [-0.3, -0.25) is 9.59 Å². The number of anilines is 2. The zero-order chi connectivity index (χ0) is 31.0. The van der Waals surface area contributed by atoms with Crippen LogP contribution in [0.15, 0.2) is 48.5 Å². The van der Waals surface area contributed by atoms with Gasteiger partial charge in [0.15, 0.2) is 5.13 Å². The third-order valence-electron chi connectivity index (χ3n) is 7.46. The molecule has 3 amide bonds. The third-order valence-corrected chi connectivity index (χ3v) is 9.11. The number of pyridine rings is 1. The largest absolute Gasteiger partial charge is 0.449 e. The first-order valence-corrected chi connectivity index (χ1v) is 16.3. The average molecular weight is 726 g/mol. The minimum atomic E-state index is -1.05. The molecule has 2 aromatic carbocycles. The van der Waals surface area contributed by atoms with Crippen molar-refractivity contribution in [1.29, 1.82) is 5.26 Å². The predicted molar refractivity (Wildman–Crippen MR) is 170 cm³/mol. The van der Waals surface area contributed by atoms with Crippen LogP contribution >= 0.6 is 33.9 Å². The van der Waals surface area contributed by atoms with E-state index in [-0.39, 0.29) is 41.3 Å². The van der Waals surface area contributed by atoms with Crippen LogP contribution in [0, 0.1) is 23.1 Å². The number of ether oxygens (including phenoxy) is 2. The van der Waals surface area contributed by atoms with Crippen LogP contribution in [0.1, 0.15) is 54.1 Å². The number of rotatable bonds is 9. The zero-order valence-corrected chi connectivity index (χ0v) is 26.4. The van der Waals surface area contributed by atoms with Gasteiger partial charge in [0.1, 0.15) is 21.9 Å². The van der Waals surface area contributed by atoms with Crippen molar-refractivity contribution in [2.75, 3.05) is 16.8 Å². The molecule has 10 nitrogen and oxygen atoms in total. The summed E-state index contributed by atoms with van der Waals surface area (Å²) in [4.78, 5) is 49.3. The highest BCUT2D eigenvalue weighted by molar-refractivity contribution is 14.1. The summed E-state index contributed by atoms with van der Waals surface area (Å²) >= 11 is 3.32. The van der Waals surface area contributed by atoms with Gasteiger partial charge in [0.25, 0.3) is 5.91 Å². The van der Waals surface area contributed by atoms with Gasteiger partial charge in [-0.25, -0.2) is 24.1 Å². The summed E-state index contributed by atoms with van der Waals surface area (Å²) in [7, 11) is 0.